The van der Waals surface area contributed by atoms with Crippen molar-refractivity contribution in [1.29, 1.82) is 0 Å². The van der Waals surface area contributed by atoms with Crippen molar-refractivity contribution in [3.8, 4) is 22.6 Å². The highest BCUT2D eigenvalue weighted by atomic mass is 19.1. The van der Waals surface area contributed by atoms with Crippen molar-refractivity contribution in [1.82, 2.24) is 10.5 Å². The highest BCUT2D eigenvalue weighted by Crippen LogP contribution is 2.39. The van der Waals surface area contributed by atoms with Crippen LogP contribution in [-0.4, -0.2) is 36.4 Å². The quantitative estimate of drug-likeness (QED) is 0.685. The van der Waals surface area contributed by atoms with Crippen LogP contribution in [0.3, 0.4) is 0 Å². The van der Waals surface area contributed by atoms with E-state index in [1.165, 1.54) is 19.3 Å². The number of furan rings is 1. The summed E-state index contributed by atoms with van der Waals surface area (Å²) in [6.07, 6.45) is 2.88. The summed E-state index contributed by atoms with van der Waals surface area (Å²) in [5, 5.41) is 6.83. The Morgan fingerprint density at radius 2 is 2.19 bits per heavy atom. The summed E-state index contributed by atoms with van der Waals surface area (Å²) in [4.78, 5) is 25.0. The molecule has 5 rings (SSSR count). The third-order valence-electron chi connectivity index (χ3n) is 5.60. The molecule has 1 aliphatic carbocycles. The van der Waals surface area contributed by atoms with E-state index in [9.17, 15) is 14.0 Å². The number of cyclic esters (lactones) is 1. The Kier molecular flexibility index (Phi) is 4.72. The lowest BCUT2D eigenvalue weighted by Gasteiger charge is -2.15. The number of benzene rings is 1. The molecular weight excluding hydrogens is 405 g/mol. The Bertz CT molecular complexity index is 1170. The van der Waals surface area contributed by atoms with Gasteiger partial charge in [-0.1, -0.05) is 5.16 Å². The van der Waals surface area contributed by atoms with Gasteiger partial charge >= 0.3 is 6.09 Å². The molecule has 0 bridgehead atoms. The summed E-state index contributed by atoms with van der Waals surface area (Å²) >= 11 is 0. The molecule has 1 fully saturated rings. The molecule has 2 aromatic heterocycles. The Balaban J connectivity index is 1.43. The van der Waals surface area contributed by atoms with Gasteiger partial charge in [0.15, 0.2) is 5.76 Å². The number of amides is 2. The number of carbonyl (C=O) groups is 2. The maximum Gasteiger partial charge on any atom is 0.414 e. The van der Waals surface area contributed by atoms with E-state index in [-0.39, 0.29) is 12.5 Å². The molecule has 0 saturated carbocycles. The van der Waals surface area contributed by atoms with E-state index in [0.717, 1.165) is 41.6 Å². The fraction of sp³-hybridized carbons (Fsp3) is 0.318. The van der Waals surface area contributed by atoms with Crippen LogP contribution in [0.4, 0.5) is 14.9 Å². The van der Waals surface area contributed by atoms with Gasteiger partial charge in [0, 0.05) is 35.4 Å². The molecule has 1 aliphatic heterocycles. The summed E-state index contributed by atoms with van der Waals surface area (Å²) in [6.45, 7) is 2.07. The standard InChI is InChI=1S/C22H20FN3O5/c1-12(27)24-9-16-10-26(22(28)30-16)15-5-6-17-13(7-15)3-2-4-18-20(25-31-21(17)18)14-8-19(23)29-11-14/h5-8,11,16H,2-4,9-10H2,1H3,(H,24,27). The Morgan fingerprint density at radius 3 is 2.97 bits per heavy atom. The minimum Gasteiger partial charge on any atom is -0.442 e. The summed E-state index contributed by atoms with van der Waals surface area (Å²) < 4.78 is 29.1. The number of nitrogens with one attached hydrogen (secondary N) is 1. The van der Waals surface area contributed by atoms with Crippen LogP contribution in [0, 0.1) is 6.01 Å². The first kappa shape index (κ1) is 19.3. The first-order valence-electron chi connectivity index (χ1n) is 10.1. The van der Waals surface area contributed by atoms with Gasteiger partial charge < -0.3 is 19.0 Å². The van der Waals surface area contributed by atoms with Gasteiger partial charge in [-0.05, 0) is 43.0 Å². The second kappa shape index (κ2) is 7.57. The molecule has 0 spiro atoms. The lowest BCUT2D eigenvalue weighted by Crippen LogP contribution is -2.33. The highest BCUT2D eigenvalue weighted by Gasteiger charge is 2.33. The number of hydrogen-bond donors (Lipinski definition) is 1. The smallest absolute Gasteiger partial charge is 0.414 e. The van der Waals surface area contributed by atoms with Gasteiger partial charge in [0.2, 0.25) is 5.91 Å². The average molecular weight is 425 g/mol. The van der Waals surface area contributed by atoms with Crippen LogP contribution in [-0.2, 0) is 22.4 Å². The van der Waals surface area contributed by atoms with Crippen molar-refractivity contribution < 1.29 is 27.7 Å². The Labute approximate surface area is 176 Å². The predicted octanol–water partition coefficient (Wildman–Crippen LogP) is 3.69. The van der Waals surface area contributed by atoms with Gasteiger partial charge in [0.1, 0.15) is 18.1 Å². The van der Waals surface area contributed by atoms with Crippen LogP contribution in [0.2, 0.25) is 0 Å². The molecule has 31 heavy (non-hydrogen) atoms. The molecule has 160 valence electrons. The highest BCUT2D eigenvalue weighted by molar-refractivity contribution is 5.90. The maximum absolute atomic E-state index is 13.3. The van der Waals surface area contributed by atoms with Crippen LogP contribution in [0.1, 0.15) is 24.5 Å². The molecule has 1 N–H and O–H groups in total. The fourth-order valence-corrected chi connectivity index (χ4v) is 4.14. The zero-order valence-electron chi connectivity index (χ0n) is 16.8. The van der Waals surface area contributed by atoms with Crippen molar-refractivity contribution in [2.45, 2.75) is 32.3 Å². The van der Waals surface area contributed by atoms with Gasteiger partial charge in [0.25, 0.3) is 6.01 Å². The van der Waals surface area contributed by atoms with Crippen molar-refractivity contribution in [2.75, 3.05) is 18.0 Å². The van der Waals surface area contributed by atoms with Crippen molar-refractivity contribution in [3.63, 3.8) is 0 Å². The molecule has 8 nitrogen and oxygen atoms in total. The molecule has 2 aliphatic rings. The number of aryl methyl sites for hydroxylation is 1. The van der Waals surface area contributed by atoms with E-state index >= 15 is 0 Å². The number of anilines is 1. The van der Waals surface area contributed by atoms with Gasteiger partial charge in [-0.2, -0.15) is 4.39 Å². The first-order chi connectivity index (χ1) is 15.0. The largest absolute Gasteiger partial charge is 0.442 e. The minimum absolute atomic E-state index is 0.167. The molecule has 1 atom stereocenters. The molecule has 0 radical (unpaired) electrons. The van der Waals surface area contributed by atoms with Crippen LogP contribution in [0.5, 0.6) is 0 Å². The molecular formula is C22H20FN3O5. The second-order valence-electron chi connectivity index (χ2n) is 7.73. The number of aromatic nitrogens is 1. The monoisotopic (exact) mass is 425 g/mol. The van der Waals surface area contributed by atoms with Gasteiger partial charge in [0.05, 0.1) is 13.1 Å². The zero-order chi connectivity index (χ0) is 21.5. The molecule has 1 unspecified atom stereocenters. The minimum atomic E-state index is -0.667. The van der Waals surface area contributed by atoms with Crippen molar-refractivity contribution in [2.24, 2.45) is 0 Å². The summed E-state index contributed by atoms with van der Waals surface area (Å²) in [5.74, 6) is 0.489. The maximum atomic E-state index is 13.3. The topological polar surface area (TPSA) is 97.8 Å². The normalized spacial score (nSPS) is 17.7. The summed E-state index contributed by atoms with van der Waals surface area (Å²) in [5.41, 5.74) is 4.73. The zero-order valence-corrected chi connectivity index (χ0v) is 16.8. The number of nitrogens with zero attached hydrogens (tertiary/aromatic N) is 2. The van der Waals surface area contributed by atoms with Crippen molar-refractivity contribution >= 4 is 17.7 Å². The second-order valence-corrected chi connectivity index (χ2v) is 7.73. The van der Waals surface area contributed by atoms with E-state index in [0.29, 0.717) is 23.6 Å². The fourth-order valence-electron chi connectivity index (χ4n) is 4.14. The third kappa shape index (κ3) is 3.56. The van der Waals surface area contributed by atoms with Gasteiger partial charge in [-0.3, -0.25) is 9.69 Å². The van der Waals surface area contributed by atoms with E-state index in [1.54, 1.807) is 4.90 Å². The van der Waals surface area contributed by atoms with Crippen molar-refractivity contribution in [3.05, 3.63) is 47.7 Å². The predicted molar refractivity (Wildman–Crippen MR) is 108 cm³/mol. The number of carbonyl (C=O) groups excluding carboxylic acids is 2. The molecule has 9 heteroatoms. The summed E-state index contributed by atoms with van der Waals surface area (Å²) in [6, 6.07) is 6.35. The SMILES string of the molecule is CC(=O)NCC1CN(c2ccc3c(c2)CCCc2c(-c4coc(F)c4)noc2-3)C(=O)O1. The Hall–Kier alpha value is -3.62. The average Bonchev–Trinajstić information content (AvgIpc) is 3.42. The number of ether oxygens (including phenoxy) is 1. The number of rotatable bonds is 4. The van der Waals surface area contributed by atoms with Gasteiger partial charge in [-0.25, -0.2) is 4.79 Å². The van der Waals surface area contributed by atoms with Crippen LogP contribution in [0.15, 0.2) is 39.5 Å². The van der Waals surface area contributed by atoms with Crippen LogP contribution in [0.25, 0.3) is 22.6 Å². The van der Waals surface area contributed by atoms with Gasteiger partial charge in [-0.15, -0.1) is 0 Å². The lowest BCUT2D eigenvalue weighted by atomic mass is 10.0. The lowest BCUT2D eigenvalue weighted by molar-refractivity contribution is -0.119. The van der Waals surface area contributed by atoms with E-state index in [4.69, 9.17) is 13.7 Å². The number of fused-ring (bicyclic) bond motifs is 3. The molecule has 3 heterocycles. The van der Waals surface area contributed by atoms with E-state index in [1.807, 2.05) is 18.2 Å². The first-order valence-corrected chi connectivity index (χ1v) is 10.1. The molecule has 3 aromatic rings. The Morgan fingerprint density at radius 1 is 1.32 bits per heavy atom. The summed E-state index contributed by atoms with van der Waals surface area (Å²) in [7, 11) is 0. The molecule has 1 saturated heterocycles. The van der Waals surface area contributed by atoms with Crippen LogP contribution < -0.4 is 10.2 Å². The molecule has 2 amide bonds. The number of halogens is 1. The van der Waals surface area contributed by atoms with E-state index < -0.39 is 18.2 Å². The number of hydrogen-bond acceptors (Lipinski definition) is 6. The third-order valence-corrected chi connectivity index (χ3v) is 5.60. The molecule has 1 aromatic carbocycles. The van der Waals surface area contributed by atoms with E-state index in [2.05, 4.69) is 10.5 Å². The van der Waals surface area contributed by atoms with Crippen LogP contribution >= 0.6 is 0 Å².